The summed E-state index contributed by atoms with van der Waals surface area (Å²) in [6.07, 6.45) is 3.37. The second kappa shape index (κ2) is 3.50. The van der Waals surface area contributed by atoms with Crippen molar-refractivity contribution in [3.05, 3.63) is 11.1 Å². The number of imide groups is 1. The van der Waals surface area contributed by atoms with Crippen LogP contribution in [0.3, 0.4) is 0 Å². The highest BCUT2D eigenvalue weighted by Crippen LogP contribution is 2.33. The molecule has 3 nitrogen and oxygen atoms in total. The zero-order chi connectivity index (χ0) is 10.3. The fourth-order valence-corrected chi connectivity index (χ4v) is 2.47. The molecule has 0 fully saturated rings. The third-order valence-electron chi connectivity index (χ3n) is 2.91. The van der Waals surface area contributed by atoms with Gasteiger partial charge in [-0.15, -0.1) is 0 Å². The van der Waals surface area contributed by atoms with Crippen molar-refractivity contribution in [2.75, 3.05) is 7.05 Å². The van der Waals surface area contributed by atoms with Crippen molar-refractivity contribution in [2.24, 2.45) is 0 Å². The first-order valence-corrected chi connectivity index (χ1v) is 5.71. The van der Waals surface area contributed by atoms with Crippen LogP contribution in [0.25, 0.3) is 0 Å². The number of amides is 2. The van der Waals surface area contributed by atoms with Crippen molar-refractivity contribution in [1.29, 1.82) is 0 Å². The first kappa shape index (κ1) is 9.90. The minimum atomic E-state index is -0.0911. The van der Waals surface area contributed by atoms with Gasteiger partial charge in [0.25, 0.3) is 11.8 Å². The Morgan fingerprint density at radius 1 is 1.14 bits per heavy atom. The van der Waals surface area contributed by atoms with E-state index in [0.717, 1.165) is 36.8 Å². The molecule has 0 spiro atoms. The van der Waals surface area contributed by atoms with Crippen molar-refractivity contribution in [2.45, 2.75) is 30.5 Å². The van der Waals surface area contributed by atoms with Gasteiger partial charge in [0.15, 0.2) is 0 Å². The summed E-state index contributed by atoms with van der Waals surface area (Å²) in [5.41, 5.74) is 1.50. The Labute approximate surface area is 91.3 Å². The molecule has 0 unspecified atom stereocenters. The molecule has 0 aromatic heterocycles. The lowest BCUT2D eigenvalue weighted by molar-refractivity contribution is -0.136. The van der Waals surface area contributed by atoms with Gasteiger partial charge in [-0.3, -0.25) is 14.5 Å². The fourth-order valence-electron chi connectivity index (χ4n) is 2.02. The number of nitrogens with zero attached hydrogens (tertiary/aromatic N) is 1. The minimum Gasteiger partial charge on any atom is -0.278 e. The molecule has 0 saturated carbocycles. The molecule has 76 valence electrons. The maximum atomic E-state index is 11.6. The van der Waals surface area contributed by atoms with Crippen LogP contribution in [0.1, 0.15) is 25.7 Å². The largest absolute Gasteiger partial charge is 0.278 e. The summed E-state index contributed by atoms with van der Waals surface area (Å²) in [5, 5.41) is 0. The lowest BCUT2D eigenvalue weighted by atomic mass is 10.1. The lowest BCUT2D eigenvalue weighted by Crippen LogP contribution is -2.27. The third-order valence-corrected chi connectivity index (χ3v) is 3.82. The molecule has 2 amide bonds. The van der Waals surface area contributed by atoms with Gasteiger partial charge in [-0.2, -0.15) is 0 Å². The van der Waals surface area contributed by atoms with Crippen molar-refractivity contribution in [3.63, 3.8) is 0 Å². The summed E-state index contributed by atoms with van der Waals surface area (Å²) in [6.45, 7) is 0. The molecular weight excluding hydrogens is 246 g/mol. The van der Waals surface area contributed by atoms with E-state index in [2.05, 4.69) is 15.9 Å². The summed E-state index contributed by atoms with van der Waals surface area (Å²) in [7, 11) is 1.56. The molecule has 4 heteroatoms. The zero-order valence-electron chi connectivity index (χ0n) is 8.05. The molecule has 1 heterocycles. The van der Waals surface area contributed by atoms with Gasteiger partial charge in [-0.05, 0) is 25.7 Å². The summed E-state index contributed by atoms with van der Waals surface area (Å²) >= 11 is 3.54. The minimum absolute atomic E-state index is 0.0911. The number of carbonyl (C=O) groups excluding carboxylic acids is 2. The molecule has 0 radical (unpaired) electrons. The number of halogens is 1. The van der Waals surface area contributed by atoms with Crippen molar-refractivity contribution in [1.82, 2.24) is 4.90 Å². The van der Waals surface area contributed by atoms with Crippen LogP contribution in [0.15, 0.2) is 11.1 Å². The van der Waals surface area contributed by atoms with Gasteiger partial charge < -0.3 is 0 Å². The smallest absolute Gasteiger partial charge is 0.256 e. The van der Waals surface area contributed by atoms with E-state index < -0.39 is 0 Å². The Bertz CT molecular complexity index is 305. The van der Waals surface area contributed by atoms with Crippen molar-refractivity contribution < 1.29 is 9.59 Å². The summed E-state index contributed by atoms with van der Waals surface area (Å²) in [6, 6.07) is 0. The van der Waals surface area contributed by atoms with E-state index in [9.17, 15) is 9.59 Å². The SMILES string of the molecule is CN1C(=O)C2=C(CCC(Br)CC2)C1=O. The van der Waals surface area contributed by atoms with Gasteiger partial charge in [-0.25, -0.2) is 0 Å². The Kier molecular flexibility index (Phi) is 2.47. The fraction of sp³-hybridized carbons (Fsp3) is 0.600. The van der Waals surface area contributed by atoms with E-state index in [1.54, 1.807) is 7.05 Å². The van der Waals surface area contributed by atoms with Gasteiger partial charge in [0, 0.05) is 23.0 Å². The predicted molar refractivity (Wildman–Crippen MR) is 56.0 cm³/mol. The molecule has 0 atom stereocenters. The maximum Gasteiger partial charge on any atom is 0.256 e. The molecule has 0 saturated heterocycles. The summed E-state index contributed by atoms with van der Waals surface area (Å²) < 4.78 is 0. The number of rotatable bonds is 0. The van der Waals surface area contributed by atoms with E-state index in [4.69, 9.17) is 0 Å². The third kappa shape index (κ3) is 1.41. The molecule has 0 N–H and O–H groups in total. The van der Waals surface area contributed by atoms with E-state index in [1.807, 2.05) is 0 Å². The molecular formula is C10H12BrNO2. The Balaban J connectivity index is 2.30. The average molecular weight is 258 g/mol. The van der Waals surface area contributed by atoms with Gasteiger partial charge in [0.2, 0.25) is 0 Å². The molecule has 0 bridgehead atoms. The number of hydrogen-bond acceptors (Lipinski definition) is 2. The van der Waals surface area contributed by atoms with Crippen LogP contribution < -0.4 is 0 Å². The summed E-state index contributed by atoms with van der Waals surface area (Å²) in [5.74, 6) is -0.182. The highest BCUT2D eigenvalue weighted by Gasteiger charge is 2.36. The Hall–Kier alpha value is -0.640. The average Bonchev–Trinajstić information content (AvgIpc) is 2.34. The van der Waals surface area contributed by atoms with Crippen LogP contribution >= 0.6 is 15.9 Å². The molecule has 1 aliphatic carbocycles. The Morgan fingerprint density at radius 3 is 2.00 bits per heavy atom. The van der Waals surface area contributed by atoms with Crippen LogP contribution in [0.4, 0.5) is 0 Å². The van der Waals surface area contributed by atoms with Gasteiger partial charge in [0.05, 0.1) is 0 Å². The molecule has 2 rings (SSSR count). The quantitative estimate of drug-likeness (QED) is 0.489. The normalized spacial score (nSPS) is 24.3. The standard InChI is InChI=1S/C10H12BrNO2/c1-12-9(13)7-4-2-6(11)3-5-8(7)10(12)14/h6H,2-5H2,1H3. The first-order valence-electron chi connectivity index (χ1n) is 4.79. The van der Waals surface area contributed by atoms with E-state index in [1.165, 1.54) is 4.90 Å². The second-order valence-corrected chi connectivity index (χ2v) is 5.10. The van der Waals surface area contributed by atoms with Crippen LogP contribution in [0.5, 0.6) is 0 Å². The number of likely N-dealkylation sites (N-methyl/N-ethyl adjacent to an activating group) is 1. The number of alkyl halides is 1. The number of carbonyl (C=O) groups is 2. The predicted octanol–water partition coefficient (Wildman–Crippen LogP) is 1.62. The van der Waals surface area contributed by atoms with Crippen LogP contribution in [0, 0.1) is 0 Å². The van der Waals surface area contributed by atoms with Crippen molar-refractivity contribution in [3.8, 4) is 0 Å². The summed E-state index contributed by atoms with van der Waals surface area (Å²) in [4.78, 5) is 25.0. The monoisotopic (exact) mass is 257 g/mol. The van der Waals surface area contributed by atoms with E-state index >= 15 is 0 Å². The van der Waals surface area contributed by atoms with Crippen LogP contribution in [-0.4, -0.2) is 28.6 Å². The van der Waals surface area contributed by atoms with Crippen LogP contribution in [0.2, 0.25) is 0 Å². The van der Waals surface area contributed by atoms with Gasteiger partial charge >= 0.3 is 0 Å². The first-order chi connectivity index (χ1) is 6.61. The van der Waals surface area contributed by atoms with E-state index in [0.29, 0.717) is 4.83 Å². The molecule has 0 aromatic rings. The van der Waals surface area contributed by atoms with Crippen LogP contribution in [-0.2, 0) is 9.59 Å². The molecule has 14 heavy (non-hydrogen) atoms. The Morgan fingerprint density at radius 2 is 1.57 bits per heavy atom. The lowest BCUT2D eigenvalue weighted by Gasteiger charge is -2.10. The maximum absolute atomic E-state index is 11.6. The van der Waals surface area contributed by atoms with E-state index in [-0.39, 0.29) is 11.8 Å². The van der Waals surface area contributed by atoms with Gasteiger partial charge in [0.1, 0.15) is 0 Å². The molecule has 0 aromatic carbocycles. The second-order valence-electron chi connectivity index (χ2n) is 3.80. The zero-order valence-corrected chi connectivity index (χ0v) is 9.63. The molecule has 2 aliphatic rings. The molecule has 1 aliphatic heterocycles. The number of hydrogen-bond donors (Lipinski definition) is 0. The van der Waals surface area contributed by atoms with Crippen molar-refractivity contribution >= 4 is 27.7 Å². The van der Waals surface area contributed by atoms with Gasteiger partial charge in [-0.1, -0.05) is 15.9 Å². The topological polar surface area (TPSA) is 37.4 Å². The highest BCUT2D eigenvalue weighted by molar-refractivity contribution is 9.09. The highest BCUT2D eigenvalue weighted by atomic mass is 79.9.